The van der Waals surface area contributed by atoms with E-state index in [2.05, 4.69) is 27.7 Å². The quantitative estimate of drug-likeness (QED) is 0.334. The SMILES string of the molecule is CCCCCCCCCC(OCCCC)C(C)CC. The van der Waals surface area contributed by atoms with Crippen molar-refractivity contribution in [2.45, 2.75) is 104 Å². The Bertz CT molecular complexity index is 167. The van der Waals surface area contributed by atoms with Gasteiger partial charge in [-0.3, -0.25) is 0 Å². The summed E-state index contributed by atoms with van der Waals surface area (Å²) in [7, 11) is 0. The molecule has 0 aliphatic rings. The van der Waals surface area contributed by atoms with Crippen LogP contribution in [0, 0.1) is 5.92 Å². The summed E-state index contributed by atoms with van der Waals surface area (Å²) in [5.41, 5.74) is 0. The minimum absolute atomic E-state index is 0.507. The minimum Gasteiger partial charge on any atom is -0.378 e. The Labute approximate surface area is 122 Å². The van der Waals surface area contributed by atoms with Crippen LogP contribution >= 0.6 is 0 Å². The van der Waals surface area contributed by atoms with Gasteiger partial charge in [0.15, 0.2) is 0 Å². The molecule has 1 nitrogen and oxygen atoms in total. The van der Waals surface area contributed by atoms with Gasteiger partial charge in [-0.2, -0.15) is 0 Å². The van der Waals surface area contributed by atoms with Crippen LogP contribution in [0.25, 0.3) is 0 Å². The Morgan fingerprint density at radius 3 is 1.89 bits per heavy atom. The van der Waals surface area contributed by atoms with Crippen LogP contribution in [0.4, 0.5) is 0 Å². The topological polar surface area (TPSA) is 9.23 Å². The van der Waals surface area contributed by atoms with Crippen LogP contribution in [-0.2, 0) is 4.74 Å². The predicted molar refractivity (Wildman–Crippen MR) is 86.7 cm³/mol. The number of ether oxygens (including phenoxy) is 1. The third-order valence-corrected chi connectivity index (χ3v) is 4.20. The zero-order valence-corrected chi connectivity index (χ0v) is 14.0. The Balaban J connectivity index is 3.61. The summed E-state index contributed by atoms with van der Waals surface area (Å²) in [4.78, 5) is 0. The number of rotatable bonds is 14. The van der Waals surface area contributed by atoms with E-state index >= 15 is 0 Å². The summed E-state index contributed by atoms with van der Waals surface area (Å²) in [5.74, 6) is 0.719. The summed E-state index contributed by atoms with van der Waals surface area (Å²) < 4.78 is 6.08. The Hall–Kier alpha value is -0.0400. The molecule has 0 bridgehead atoms. The van der Waals surface area contributed by atoms with Gasteiger partial charge >= 0.3 is 0 Å². The summed E-state index contributed by atoms with van der Waals surface area (Å²) in [6, 6.07) is 0. The average Bonchev–Trinajstić information content (AvgIpc) is 2.43. The van der Waals surface area contributed by atoms with Crippen molar-refractivity contribution < 1.29 is 4.74 Å². The van der Waals surface area contributed by atoms with Crippen LogP contribution in [-0.4, -0.2) is 12.7 Å². The van der Waals surface area contributed by atoms with Crippen molar-refractivity contribution in [3.63, 3.8) is 0 Å². The van der Waals surface area contributed by atoms with Gasteiger partial charge in [0.1, 0.15) is 0 Å². The highest BCUT2D eigenvalue weighted by molar-refractivity contribution is 4.66. The van der Waals surface area contributed by atoms with E-state index in [0.29, 0.717) is 6.10 Å². The standard InChI is InChI=1S/C18H38O/c1-5-8-10-11-12-13-14-15-18(17(4)7-3)19-16-9-6-2/h17-18H,5-16H2,1-4H3. The average molecular weight is 271 g/mol. The van der Waals surface area contributed by atoms with Gasteiger partial charge in [-0.15, -0.1) is 0 Å². The smallest absolute Gasteiger partial charge is 0.0600 e. The molecule has 0 aromatic rings. The lowest BCUT2D eigenvalue weighted by atomic mass is 9.96. The molecule has 1 heteroatoms. The van der Waals surface area contributed by atoms with Gasteiger partial charge in [-0.05, 0) is 18.8 Å². The molecule has 0 heterocycles. The molecule has 0 N–H and O–H groups in total. The van der Waals surface area contributed by atoms with Crippen LogP contribution in [0.3, 0.4) is 0 Å². The van der Waals surface area contributed by atoms with Gasteiger partial charge in [0.25, 0.3) is 0 Å². The highest BCUT2D eigenvalue weighted by Crippen LogP contribution is 2.19. The molecule has 0 spiro atoms. The first-order valence-electron chi connectivity index (χ1n) is 8.87. The maximum absolute atomic E-state index is 6.08. The zero-order chi connectivity index (χ0) is 14.3. The van der Waals surface area contributed by atoms with Crippen molar-refractivity contribution in [1.82, 2.24) is 0 Å². The highest BCUT2D eigenvalue weighted by Gasteiger charge is 2.15. The van der Waals surface area contributed by atoms with Crippen LogP contribution in [0.1, 0.15) is 98.3 Å². The molecule has 0 fully saturated rings. The van der Waals surface area contributed by atoms with Crippen molar-refractivity contribution in [1.29, 1.82) is 0 Å². The first-order chi connectivity index (χ1) is 9.26. The fourth-order valence-electron chi connectivity index (χ4n) is 2.48. The Morgan fingerprint density at radius 2 is 1.32 bits per heavy atom. The highest BCUT2D eigenvalue weighted by atomic mass is 16.5. The number of hydrogen-bond acceptors (Lipinski definition) is 1. The summed E-state index contributed by atoms with van der Waals surface area (Å²) >= 11 is 0. The second-order valence-electron chi connectivity index (χ2n) is 6.06. The molecular weight excluding hydrogens is 232 g/mol. The van der Waals surface area contributed by atoms with E-state index in [4.69, 9.17) is 4.74 Å². The fourth-order valence-corrected chi connectivity index (χ4v) is 2.48. The fraction of sp³-hybridized carbons (Fsp3) is 1.00. The van der Waals surface area contributed by atoms with Gasteiger partial charge in [-0.1, -0.05) is 85.5 Å². The van der Waals surface area contributed by atoms with Gasteiger partial charge < -0.3 is 4.74 Å². The van der Waals surface area contributed by atoms with E-state index in [1.165, 1.54) is 70.6 Å². The van der Waals surface area contributed by atoms with Crippen LogP contribution in [0.15, 0.2) is 0 Å². The molecular formula is C18H38O. The molecule has 0 saturated carbocycles. The lowest BCUT2D eigenvalue weighted by Crippen LogP contribution is -2.22. The molecule has 0 rings (SSSR count). The monoisotopic (exact) mass is 270 g/mol. The molecule has 19 heavy (non-hydrogen) atoms. The zero-order valence-electron chi connectivity index (χ0n) is 14.0. The first kappa shape index (κ1) is 19.0. The molecule has 0 saturated heterocycles. The normalized spacial score (nSPS) is 14.5. The molecule has 0 aliphatic carbocycles. The first-order valence-corrected chi connectivity index (χ1v) is 8.87. The van der Waals surface area contributed by atoms with Gasteiger partial charge in [-0.25, -0.2) is 0 Å². The van der Waals surface area contributed by atoms with Gasteiger partial charge in [0, 0.05) is 6.61 Å². The summed E-state index contributed by atoms with van der Waals surface area (Å²) in [5, 5.41) is 0. The molecule has 0 aliphatic heterocycles. The second kappa shape index (κ2) is 14.4. The third kappa shape index (κ3) is 11.5. The lowest BCUT2D eigenvalue weighted by molar-refractivity contribution is 0.00768. The Morgan fingerprint density at radius 1 is 0.737 bits per heavy atom. The predicted octanol–water partition coefficient (Wildman–Crippen LogP) is 6.36. The molecule has 0 aromatic carbocycles. The maximum Gasteiger partial charge on any atom is 0.0600 e. The molecule has 0 aromatic heterocycles. The largest absolute Gasteiger partial charge is 0.378 e. The minimum atomic E-state index is 0.507. The molecule has 2 atom stereocenters. The van der Waals surface area contributed by atoms with E-state index in [1.54, 1.807) is 0 Å². The van der Waals surface area contributed by atoms with Crippen LogP contribution in [0.5, 0.6) is 0 Å². The van der Waals surface area contributed by atoms with Crippen LogP contribution in [0.2, 0.25) is 0 Å². The Kier molecular flexibility index (Phi) is 14.3. The van der Waals surface area contributed by atoms with Gasteiger partial charge in [0.05, 0.1) is 6.10 Å². The number of unbranched alkanes of at least 4 members (excludes halogenated alkanes) is 7. The van der Waals surface area contributed by atoms with Crippen molar-refractivity contribution in [3.8, 4) is 0 Å². The molecule has 2 unspecified atom stereocenters. The van der Waals surface area contributed by atoms with Crippen molar-refractivity contribution >= 4 is 0 Å². The third-order valence-electron chi connectivity index (χ3n) is 4.20. The maximum atomic E-state index is 6.08. The van der Waals surface area contributed by atoms with Gasteiger partial charge in [0.2, 0.25) is 0 Å². The second-order valence-corrected chi connectivity index (χ2v) is 6.06. The summed E-state index contributed by atoms with van der Waals surface area (Å²) in [6.07, 6.45) is 15.3. The van der Waals surface area contributed by atoms with E-state index in [1.807, 2.05) is 0 Å². The molecule has 0 radical (unpaired) electrons. The van der Waals surface area contributed by atoms with Crippen molar-refractivity contribution in [2.24, 2.45) is 5.92 Å². The summed E-state index contributed by atoms with van der Waals surface area (Å²) in [6.45, 7) is 10.1. The van der Waals surface area contributed by atoms with Crippen molar-refractivity contribution in [2.75, 3.05) is 6.61 Å². The number of hydrogen-bond donors (Lipinski definition) is 0. The van der Waals surface area contributed by atoms with E-state index < -0.39 is 0 Å². The lowest BCUT2D eigenvalue weighted by Gasteiger charge is -2.23. The van der Waals surface area contributed by atoms with E-state index in [9.17, 15) is 0 Å². The van der Waals surface area contributed by atoms with E-state index in [-0.39, 0.29) is 0 Å². The van der Waals surface area contributed by atoms with Crippen LogP contribution < -0.4 is 0 Å². The van der Waals surface area contributed by atoms with E-state index in [0.717, 1.165) is 12.5 Å². The molecule has 116 valence electrons. The van der Waals surface area contributed by atoms with Crippen molar-refractivity contribution in [3.05, 3.63) is 0 Å². The molecule has 0 amide bonds.